The van der Waals surface area contributed by atoms with Crippen LogP contribution in [0.4, 0.5) is 0 Å². The van der Waals surface area contributed by atoms with Gasteiger partial charge in [-0.1, -0.05) is 0 Å². The molecule has 0 aromatic carbocycles. The van der Waals surface area contributed by atoms with Gasteiger partial charge in [0.2, 0.25) is 0 Å². The van der Waals surface area contributed by atoms with E-state index in [1.54, 1.807) is 13.8 Å². The molecule has 0 aliphatic carbocycles. The summed E-state index contributed by atoms with van der Waals surface area (Å²) in [7, 11) is 0. The Morgan fingerprint density at radius 1 is 1.78 bits per heavy atom. The number of rotatable bonds is 0. The van der Waals surface area contributed by atoms with Crippen LogP contribution in [-0.2, 0) is 4.79 Å². The minimum absolute atomic E-state index is 0.248. The van der Waals surface area contributed by atoms with Crippen LogP contribution in [0.15, 0.2) is 5.10 Å². The second-order valence-electron chi connectivity index (χ2n) is 2.14. The number of halogens is 1. The summed E-state index contributed by atoms with van der Waals surface area (Å²) in [6.07, 6.45) is 0. The minimum Gasteiger partial charge on any atom is -0.271 e. The lowest BCUT2D eigenvalue weighted by molar-refractivity contribution is -0.120. The van der Waals surface area contributed by atoms with E-state index in [1.807, 2.05) is 0 Å². The summed E-state index contributed by atoms with van der Waals surface area (Å²) in [6.45, 7) is 3.33. The van der Waals surface area contributed by atoms with Gasteiger partial charge in [-0.05, 0) is 13.8 Å². The van der Waals surface area contributed by atoms with Gasteiger partial charge in [0.15, 0.2) is 4.87 Å². The largest absolute Gasteiger partial charge is 0.271 e. The van der Waals surface area contributed by atoms with Crippen LogP contribution >= 0.6 is 11.6 Å². The highest BCUT2D eigenvalue weighted by atomic mass is 35.5. The molecule has 9 heavy (non-hydrogen) atoms. The summed E-state index contributed by atoms with van der Waals surface area (Å²) in [5.74, 6) is -0.248. The van der Waals surface area contributed by atoms with Crippen molar-refractivity contribution in [2.24, 2.45) is 5.10 Å². The number of hydrogen-bond donors (Lipinski definition) is 1. The van der Waals surface area contributed by atoms with Crippen molar-refractivity contribution in [2.45, 2.75) is 18.7 Å². The van der Waals surface area contributed by atoms with Gasteiger partial charge < -0.3 is 0 Å². The molecule has 0 spiro atoms. The van der Waals surface area contributed by atoms with Crippen LogP contribution < -0.4 is 5.43 Å². The molecule has 0 saturated carbocycles. The van der Waals surface area contributed by atoms with Crippen LogP contribution in [0.2, 0.25) is 0 Å². The fraction of sp³-hybridized carbons (Fsp3) is 0.600. The zero-order chi connectivity index (χ0) is 7.07. The number of amides is 1. The maximum Gasteiger partial charge on any atom is 0.266 e. The van der Waals surface area contributed by atoms with E-state index in [0.717, 1.165) is 0 Å². The highest BCUT2D eigenvalue weighted by Gasteiger charge is 2.38. The molecule has 1 aliphatic heterocycles. The summed E-state index contributed by atoms with van der Waals surface area (Å²) in [6, 6.07) is 0. The highest BCUT2D eigenvalue weighted by Crippen LogP contribution is 2.20. The molecule has 4 heteroatoms. The number of alkyl halides is 1. The normalized spacial score (nSPS) is 34.1. The molecule has 50 valence electrons. The standard InChI is InChI=1S/C5H7ClN2O/c1-3-5(2,6)4(9)8-7-3/h1-2H3,(H,8,9). The number of hydrazone groups is 1. The fourth-order valence-corrected chi connectivity index (χ4v) is 0.593. The molecule has 0 fully saturated rings. The maximum atomic E-state index is 10.7. The second-order valence-corrected chi connectivity index (χ2v) is 2.90. The molecular weight excluding hydrogens is 140 g/mol. The van der Waals surface area contributed by atoms with Gasteiger partial charge in [0.05, 0.1) is 5.71 Å². The first-order chi connectivity index (χ1) is 4.05. The van der Waals surface area contributed by atoms with Gasteiger partial charge >= 0.3 is 0 Å². The van der Waals surface area contributed by atoms with Gasteiger partial charge in [0.1, 0.15) is 0 Å². The van der Waals surface area contributed by atoms with Gasteiger partial charge in [0.25, 0.3) is 5.91 Å². The van der Waals surface area contributed by atoms with Crippen LogP contribution in [0.3, 0.4) is 0 Å². The van der Waals surface area contributed by atoms with Gasteiger partial charge in [-0.15, -0.1) is 11.6 Å². The van der Waals surface area contributed by atoms with Gasteiger partial charge in [0, 0.05) is 0 Å². The SMILES string of the molecule is CC1=NNC(=O)C1(C)Cl. The lowest BCUT2D eigenvalue weighted by Gasteiger charge is -2.09. The molecule has 1 unspecified atom stereocenters. The highest BCUT2D eigenvalue weighted by molar-refractivity contribution is 6.47. The summed E-state index contributed by atoms with van der Waals surface area (Å²) >= 11 is 5.73. The Morgan fingerprint density at radius 3 is 2.44 bits per heavy atom. The Balaban J connectivity index is 2.93. The van der Waals surface area contributed by atoms with Crippen LogP contribution in [0.1, 0.15) is 13.8 Å². The molecule has 0 aromatic rings. The molecule has 0 bridgehead atoms. The Kier molecular flexibility index (Phi) is 1.24. The quantitative estimate of drug-likeness (QED) is 0.497. The molecule has 1 heterocycles. The Labute approximate surface area is 58.1 Å². The molecular formula is C5H7ClN2O. The third-order valence-electron chi connectivity index (χ3n) is 1.43. The van der Waals surface area contributed by atoms with E-state index >= 15 is 0 Å². The lowest BCUT2D eigenvalue weighted by atomic mass is 10.1. The number of nitrogens with zero attached hydrogens (tertiary/aromatic N) is 1. The topological polar surface area (TPSA) is 41.5 Å². The third-order valence-corrected chi connectivity index (χ3v) is 1.88. The number of nitrogens with one attached hydrogen (secondary N) is 1. The molecule has 0 saturated heterocycles. The predicted molar refractivity (Wildman–Crippen MR) is 35.5 cm³/mol. The summed E-state index contributed by atoms with van der Waals surface area (Å²) in [5.41, 5.74) is 2.90. The van der Waals surface area contributed by atoms with Crippen LogP contribution in [0.5, 0.6) is 0 Å². The van der Waals surface area contributed by atoms with E-state index in [9.17, 15) is 4.79 Å². The van der Waals surface area contributed by atoms with Crippen molar-refractivity contribution >= 4 is 23.2 Å². The molecule has 0 aromatic heterocycles. The molecule has 1 aliphatic rings. The van der Waals surface area contributed by atoms with Crippen molar-refractivity contribution in [1.82, 2.24) is 5.43 Å². The van der Waals surface area contributed by atoms with Crippen molar-refractivity contribution < 1.29 is 4.79 Å². The van der Waals surface area contributed by atoms with Crippen LogP contribution in [-0.4, -0.2) is 16.5 Å². The average Bonchev–Trinajstić information content (AvgIpc) is 1.96. The van der Waals surface area contributed by atoms with Crippen molar-refractivity contribution in [2.75, 3.05) is 0 Å². The Hall–Kier alpha value is -0.570. The fourth-order valence-electron chi connectivity index (χ4n) is 0.509. The van der Waals surface area contributed by atoms with Crippen LogP contribution in [0, 0.1) is 0 Å². The van der Waals surface area contributed by atoms with Crippen molar-refractivity contribution in [1.29, 1.82) is 0 Å². The minimum atomic E-state index is -0.917. The zero-order valence-electron chi connectivity index (χ0n) is 5.23. The third kappa shape index (κ3) is 0.812. The monoisotopic (exact) mass is 146 g/mol. The van der Waals surface area contributed by atoms with Gasteiger partial charge in [-0.25, -0.2) is 5.43 Å². The number of carbonyl (C=O) groups is 1. The smallest absolute Gasteiger partial charge is 0.266 e. The van der Waals surface area contributed by atoms with E-state index in [4.69, 9.17) is 11.6 Å². The van der Waals surface area contributed by atoms with Gasteiger partial charge in [-0.3, -0.25) is 4.79 Å². The first kappa shape index (κ1) is 6.55. The first-order valence-electron chi connectivity index (χ1n) is 2.59. The molecule has 1 atom stereocenters. The van der Waals surface area contributed by atoms with Gasteiger partial charge in [-0.2, -0.15) is 5.10 Å². The zero-order valence-corrected chi connectivity index (χ0v) is 5.99. The molecule has 1 N–H and O–H groups in total. The summed E-state index contributed by atoms with van der Waals surface area (Å²) < 4.78 is 0. The lowest BCUT2D eigenvalue weighted by Crippen LogP contribution is -2.35. The number of hydrogen-bond acceptors (Lipinski definition) is 2. The Morgan fingerprint density at radius 2 is 2.33 bits per heavy atom. The van der Waals surface area contributed by atoms with E-state index in [1.165, 1.54) is 0 Å². The number of carbonyl (C=O) groups excluding carboxylic acids is 1. The first-order valence-corrected chi connectivity index (χ1v) is 2.97. The van der Waals surface area contributed by atoms with Crippen molar-refractivity contribution in [3.63, 3.8) is 0 Å². The summed E-state index contributed by atoms with van der Waals surface area (Å²) in [4.78, 5) is 9.83. The second kappa shape index (κ2) is 1.70. The maximum absolute atomic E-state index is 10.7. The molecule has 1 amide bonds. The van der Waals surface area contributed by atoms with Crippen molar-refractivity contribution in [3.8, 4) is 0 Å². The van der Waals surface area contributed by atoms with E-state index in [0.29, 0.717) is 5.71 Å². The predicted octanol–water partition coefficient (Wildman–Crippen LogP) is 0.490. The molecule has 0 radical (unpaired) electrons. The van der Waals surface area contributed by atoms with E-state index in [2.05, 4.69) is 10.5 Å². The Bertz CT molecular complexity index is 185. The van der Waals surface area contributed by atoms with Crippen LogP contribution in [0.25, 0.3) is 0 Å². The molecule has 3 nitrogen and oxygen atoms in total. The summed E-state index contributed by atoms with van der Waals surface area (Å²) in [5, 5.41) is 3.66. The molecule has 1 rings (SSSR count). The van der Waals surface area contributed by atoms with E-state index in [-0.39, 0.29) is 5.91 Å². The van der Waals surface area contributed by atoms with E-state index < -0.39 is 4.87 Å². The van der Waals surface area contributed by atoms with Crippen molar-refractivity contribution in [3.05, 3.63) is 0 Å². The average molecular weight is 147 g/mol.